The molecule has 0 aromatic heterocycles. The smallest absolute Gasteiger partial charge is 0.200 e. The molecule has 1 aromatic rings. The predicted molar refractivity (Wildman–Crippen MR) is 60.2 cm³/mol. The normalized spacial score (nSPS) is 17.1. The molecule has 2 rings (SSSR count). The molecule has 2 N–H and O–H groups in total. The standard InChI is InChI=1S/C12H13F5N2/c13-7-8(14)10(16)12(11(17)9(7)15)19-3-1-6(5-18)2-4-19/h6H,1-5,18H2. The largest absolute Gasteiger partial charge is 0.367 e. The van der Waals surface area contributed by atoms with Gasteiger partial charge in [-0.05, 0) is 25.3 Å². The van der Waals surface area contributed by atoms with Crippen molar-refractivity contribution in [3.05, 3.63) is 29.1 Å². The maximum atomic E-state index is 13.6. The van der Waals surface area contributed by atoms with Gasteiger partial charge in [-0.3, -0.25) is 0 Å². The minimum absolute atomic E-state index is 0.220. The molecule has 0 bridgehead atoms. The number of anilines is 1. The van der Waals surface area contributed by atoms with Gasteiger partial charge in [0.05, 0.1) is 0 Å². The number of hydrogen-bond acceptors (Lipinski definition) is 2. The van der Waals surface area contributed by atoms with Crippen LogP contribution in [0.2, 0.25) is 0 Å². The monoisotopic (exact) mass is 280 g/mol. The lowest BCUT2D eigenvalue weighted by molar-refractivity contribution is 0.367. The van der Waals surface area contributed by atoms with Gasteiger partial charge in [0.25, 0.3) is 0 Å². The number of nitrogens with two attached hydrogens (primary N) is 1. The lowest BCUT2D eigenvalue weighted by Crippen LogP contribution is -2.37. The molecule has 1 saturated heterocycles. The molecule has 19 heavy (non-hydrogen) atoms. The number of piperidine rings is 1. The number of rotatable bonds is 2. The van der Waals surface area contributed by atoms with Crippen LogP contribution in [0.25, 0.3) is 0 Å². The van der Waals surface area contributed by atoms with Crippen LogP contribution in [0.4, 0.5) is 27.6 Å². The quantitative estimate of drug-likeness (QED) is 0.512. The van der Waals surface area contributed by atoms with Gasteiger partial charge in [0.1, 0.15) is 5.69 Å². The molecular formula is C12H13F5N2. The van der Waals surface area contributed by atoms with E-state index in [1.165, 1.54) is 4.90 Å². The van der Waals surface area contributed by atoms with E-state index in [-0.39, 0.29) is 19.0 Å². The fourth-order valence-corrected chi connectivity index (χ4v) is 2.26. The predicted octanol–water partition coefficient (Wildman–Crippen LogP) is 2.56. The van der Waals surface area contributed by atoms with Crippen LogP contribution < -0.4 is 10.6 Å². The van der Waals surface area contributed by atoms with E-state index in [1.54, 1.807) is 0 Å². The summed E-state index contributed by atoms with van der Waals surface area (Å²) in [6, 6.07) is 0. The molecule has 1 aliphatic rings. The van der Waals surface area contributed by atoms with E-state index in [0.29, 0.717) is 19.4 Å². The molecule has 0 saturated carbocycles. The summed E-state index contributed by atoms with van der Waals surface area (Å²) in [7, 11) is 0. The van der Waals surface area contributed by atoms with Crippen molar-refractivity contribution in [1.29, 1.82) is 0 Å². The van der Waals surface area contributed by atoms with Crippen LogP contribution >= 0.6 is 0 Å². The van der Waals surface area contributed by atoms with Crippen LogP contribution in [0.15, 0.2) is 0 Å². The first kappa shape index (κ1) is 14.0. The number of hydrogen-bond donors (Lipinski definition) is 1. The van der Waals surface area contributed by atoms with Crippen LogP contribution in [0, 0.1) is 35.0 Å². The third-order valence-corrected chi connectivity index (χ3v) is 3.45. The van der Waals surface area contributed by atoms with Crippen molar-refractivity contribution in [1.82, 2.24) is 0 Å². The third kappa shape index (κ3) is 2.39. The summed E-state index contributed by atoms with van der Waals surface area (Å²) in [5, 5.41) is 0. The van der Waals surface area contributed by atoms with Crippen molar-refractivity contribution < 1.29 is 22.0 Å². The lowest BCUT2D eigenvalue weighted by Gasteiger charge is -2.33. The molecule has 1 aliphatic heterocycles. The fourth-order valence-electron chi connectivity index (χ4n) is 2.26. The maximum Gasteiger partial charge on any atom is 0.200 e. The fraction of sp³-hybridized carbons (Fsp3) is 0.500. The van der Waals surface area contributed by atoms with Gasteiger partial charge in [-0.25, -0.2) is 22.0 Å². The highest BCUT2D eigenvalue weighted by molar-refractivity contribution is 5.50. The van der Waals surface area contributed by atoms with Gasteiger partial charge in [0, 0.05) is 13.1 Å². The Labute approximate surface area is 107 Å². The SMILES string of the molecule is NCC1CCN(c2c(F)c(F)c(F)c(F)c2F)CC1. The van der Waals surface area contributed by atoms with Gasteiger partial charge in [-0.1, -0.05) is 0 Å². The van der Waals surface area contributed by atoms with Gasteiger partial charge in [-0.2, -0.15) is 0 Å². The van der Waals surface area contributed by atoms with Crippen molar-refractivity contribution >= 4 is 5.69 Å². The second-order valence-corrected chi connectivity index (χ2v) is 4.58. The molecule has 0 aliphatic carbocycles. The van der Waals surface area contributed by atoms with E-state index < -0.39 is 34.8 Å². The summed E-state index contributed by atoms with van der Waals surface area (Å²) in [6.45, 7) is 0.894. The van der Waals surface area contributed by atoms with Gasteiger partial charge in [0.2, 0.25) is 5.82 Å². The van der Waals surface area contributed by atoms with Crippen molar-refractivity contribution in [2.75, 3.05) is 24.5 Å². The highest BCUT2D eigenvalue weighted by Gasteiger charge is 2.30. The Morgan fingerprint density at radius 3 is 1.68 bits per heavy atom. The summed E-state index contributed by atoms with van der Waals surface area (Å²) in [4.78, 5) is 1.18. The zero-order valence-corrected chi connectivity index (χ0v) is 10.0. The second-order valence-electron chi connectivity index (χ2n) is 4.58. The Hall–Kier alpha value is -1.37. The van der Waals surface area contributed by atoms with E-state index in [4.69, 9.17) is 5.73 Å². The highest BCUT2D eigenvalue weighted by Crippen LogP contribution is 2.32. The zero-order valence-electron chi connectivity index (χ0n) is 10.0. The van der Waals surface area contributed by atoms with Crippen molar-refractivity contribution in [2.24, 2.45) is 11.7 Å². The molecule has 0 unspecified atom stereocenters. The minimum Gasteiger partial charge on any atom is -0.367 e. The molecule has 1 fully saturated rings. The van der Waals surface area contributed by atoms with Gasteiger partial charge < -0.3 is 10.6 Å². The molecule has 0 radical (unpaired) electrons. The van der Waals surface area contributed by atoms with Crippen molar-refractivity contribution in [3.63, 3.8) is 0 Å². The van der Waals surface area contributed by atoms with E-state index in [2.05, 4.69) is 0 Å². The summed E-state index contributed by atoms with van der Waals surface area (Å²) in [6.07, 6.45) is 1.13. The number of halogens is 5. The minimum atomic E-state index is -2.13. The Kier molecular flexibility index (Phi) is 3.93. The molecule has 2 nitrogen and oxygen atoms in total. The van der Waals surface area contributed by atoms with Crippen LogP contribution in [0.1, 0.15) is 12.8 Å². The van der Waals surface area contributed by atoms with E-state index in [1.807, 2.05) is 0 Å². The molecule has 7 heteroatoms. The van der Waals surface area contributed by atoms with Gasteiger partial charge >= 0.3 is 0 Å². The van der Waals surface area contributed by atoms with E-state index in [9.17, 15) is 22.0 Å². The van der Waals surface area contributed by atoms with Gasteiger partial charge in [-0.15, -0.1) is 0 Å². The van der Waals surface area contributed by atoms with Crippen molar-refractivity contribution in [3.8, 4) is 0 Å². The lowest BCUT2D eigenvalue weighted by atomic mass is 9.96. The average molecular weight is 280 g/mol. The van der Waals surface area contributed by atoms with Crippen LogP contribution in [0.3, 0.4) is 0 Å². The molecule has 0 amide bonds. The Morgan fingerprint density at radius 2 is 1.26 bits per heavy atom. The summed E-state index contributed by atoms with van der Waals surface area (Å²) in [5.41, 5.74) is 4.64. The Morgan fingerprint density at radius 1 is 0.842 bits per heavy atom. The van der Waals surface area contributed by atoms with Crippen molar-refractivity contribution in [2.45, 2.75) is 12.8 Å². The molecule has 0 spiro atoms. The van der Waals surface area contributed by atoms with Crippen LogP contribution in [0.5, 0.6) is 0 Å². The molecule has 1 aromatic carbocycles. The summed E-state index contributed by atoms with van der Waals surface area (Å²) < 4.78 is 66.3. The van der Waals surface area contributed by atoms with E-state index >= 15 is 0 Å². The first-order chi connectivity index (χ1) is 8.97. The van der Waals surface area contributed by atoms with Crippen LogP contribution in [-0.4, -0.2) is 19.6 Å². The van der Waals surface area contributed by atoms with Crippen LogP contribution in [-0.2, 0) is 0 Å². The first-order valence-corrected chi connectivity index (χ1v) is 5.93. The Balaban J connectivity index is 2.36. The number of benzene rings is 1. The summed E-state index contributed by atoms with van der Waals surface area (Å²) >= 11 is 0. The highest BCUT2D eigenvalue weighted by atomic mass is 19.2. The maximum absolute atomic E-state index is 13.6. The van der Waals surface area contributed by atoms with Gasteiger partial charge in [0.15, 0.2) is 23.3 Å². The molecule has 0 atom stereocenters. The number of nitrogens with zero attached hydrogens (tertiary/aromatic N) is 1. The molecular weight excluding hydrogens is 267 g/mol. The average Bonchev–Trinajstić information content (AvgIpc) is 2.44. The van der Waals surface area contributed by atoms with E-state index in [0.717, 1.165) is 0 Å². The second kappa shape index (κ2) is 5.32. The summed E-state index contributed by atoms with van der Waals surface area (Å²) in [5.74, 6) is -9.27. The zero-order chi connectivity index (χ0) is 14.2. The molecule has 106 valence electrons. The topological polar surface area (TPSA) is 29.3 Å². The third-order valence-electron chi connectivity index (χ3n) is 3.45. The Bertz CT molecular complexity index is 454. The molecule has 1 heterocycles. The first-order valence-electron chi connectivity index (χ1n) is 5.93.